The lowest BCUT2D eigenvalue weighted by molar-refractivity contribution is 0.672. The zero-order valence-corrected chi connectivity index (χ0v) is 33.9. The van der Waals surface area contributed by atoms with Crippen LogP contribution in [-0.4, -0.2) is 0 Å². The molecular weight excluding hydrogens is 751 g/mol. The van der Waals surface area contributed by atoms with Crippen LogP contribution in [0.5, 0.6) is 0 Å². The summed E-state index contributed by atoms with van der Waals surface area (Å²) in [6.45, 7) is 0. The predicted molar refractivity (Wildman–Crippen MR) is 263 cm³/mol. The highest BCUT2D eigenvalue weighted by molar-refractivity contribution is 6.20. The van der Waals surface area contributed by atoms with E-state index in [2.05, 4.69) is 235 Å². The van der Waals surface area contributed by atoms with E-state index < -0.39 is 0 Å². The van der Waals surface area contributed by atoms with Crippen molar-refractivity contribution in [3.8, 4) is 44.5 Å². The molecule has 0 spiro atoms. The van der Waals surface area contributed by atoms with E-state index in [1.807, 2.05) is 6.07 Å². The fourth-order valence-corrected chi connectivity index (χ4v) is 9.51. The molecule has 0 bridgehead atoms. The van der Waals surface area contributed by atoms with Crippen molar-refractivity contribution < 1.29 is 4.42 Å². The third kappa shape index (κ3) is 6.04. The molecule has 11 aromatic carbocycles. The van der Waals surface area contributed by atoms with Crippen LogP contribution in [0.25, 0.3) is 98.8 Å². The summed E-state index contributed by atoms with van der Waals surface area (Å²) >= 11 is 0. The summed E-state index contributed by atoms with van der Waals surface area (Å²) in [5.74, 6) is 0. The standard InChI is InChI=1S/C60H39NO/c1-3-20-48-41(14-1)16-12-26-50(48)43-32-36-47(37-33-43)61(46-34-30-40(31-35-46)44-18-11-19-45(38-44)51-27-13-17-42-15-2-4-21-49(42)51)58-28-9-7-23-53(58)56-39-57-54-24-8-10-29-59(54)62-60(57)55-25-6-5-22-52(55)56/h1-39H. The van der Waals surface area contributed by atoms with E-state index >= 15 is 0 Å². The molecule has 1 aromatic heterocycles. The Morgan fingerprint density at radius 1 is 0.274 bits per heavy atom. The summed E-state index contributed by atoms with van der Waals surface area (Å²) in [6, 6.07) is 85.5. The Kier molecular flexibility index (Phi) is 8.53. The minimum absolute atomic E-state index is 0.897. The maximum Gasteiger partial charge on any atom is 0.143 e. The fraction of sp³-hybridized carbons (Fsp3) is 0. The van der Waals surface area contributed by atoms with Gasteiger partial charge < -0.3 is 9.32 Å². The summed E-state index contributed by atoms with van der Waals surface area (Å²) in [4.78, 5) is 2.41. The minimum atomic E-state index is 0.897. The molecule has 2 heteroatoms. The molecule has 0 aliphatic heterocycles. The van der Waals surface area contributed by atoms with E-state index in [-0.39, 0.29) is 0 Å². The number of anilines is 3. The Balaban J connectivity index is 1.01. The average molecular weight is 790 g/mol. The summed E-state index contributed by atoms with van der Waals surface area (Å²) < 4.78 is 6.54. The van der Waals surface area contributed by atoms with Crippen LogP contribution in [0, 0.1) is 0 Å². The van der Waals surface area contributed by atoms with E-state index in [0.29, 0.717) is 0 Å². The van der Waals surface area contributed by atoms with E-state index in [4.69, 9.17) is 4.42 Å². The maximum absolute atomic E-state index is 6.54. The van der Waals surface area contributed by atoms with Crippen LogP contribution in [0.15, 0.2) is 241 Å². The van der Waals surface area contributed by atoms with Gasteiger partial charge in [-0.25, -0.2) is 0 Å². The van der Waals surface area contributed by atoms with Gasteiger partial charge in [-0.1, -0.05) is 188 Å². The number of hydrogen-bond acceptors (Lipinski definition) is 2. The lowest BCUT2D eigenvalue weighted by Crippen LogP contribution is -2.11. The highest BCUT2D eigenvalue weighted by Crippen LogP contribution is 2.46. The van der Waals surface area contributed by atoms with Crippen LogP contribution < -0.4 is 4.90 Å². The molecule has 0 amide bonds. The van der Waals surface area contributed by atoms with Gasteiger partial charge in [0.1, 0.15) is 11.2 Å². The smallest absolute Gasteiger partial charge is 0.143 e. The van der Waals surface area contributed by atoms with Gasteiger partial charge in [-0.3, -0.25) is 0 Å². The predicted octanol–water partition coefficient (Wildman–Crippen LogP) is 17.2. The van der Waals surface area contributed by atoms with Gasteiger partial charge >= 0.3 is 0 Å². The topological polar surface area (TPSA) is 16.4 Å². The van der Waals surface area contributed by atoms with E-state index in [9.17, 15) is 0 Å². The SMILES string of the molecule is c1cc(-c2ccc(N(c3ccc(-c4cccc5ccccc45)cc3)c3ccccc3-c3cc4c5ccccc5oc4c4ccccc34)cc2)cc(-c2cccc3ccccc23)c1. The van der Waals surface area contributed by atoms with Crippen molar-refractivity contribution in [2.24, 2.45) is 0 Å². The van der Waals surface area contributed by atoms with Gasteiger partial charge in [0.2, 0.25) is 0 Å². The Labute approximate surface area is 360 Å². The molecule has 62 heavy (non-hydrogen) atoms. The summed E-state index contributed by atoms with van der Waals surface area (Å²) in [5, 5.41) is 9.48. The lowest BCUT2D eigenvalue weighted by atomic mass is 9.93. The molecule has 0 fully saturated rings. The Bertz CT molecular complexity index is 3620. The van der Waals surface area contributed by atoms with Gasteiger partial charge in [-0.2, -0.15) is 0 Å². The quantitative estimate of drug-likeness (QED) is 0.160. The number of fused-ring (bicyclic) bond motifs is 7. The highest BCUT2D eigenvalue weighted by atomic mass is 16.3. The van der Waals surface area contributed by atoms with Gasteiger partial charge in [0.05, 0.1) is 5.69 Å². The Morgan fingerprint density at radius 2 is 0.774 bits per heavy atom. The molecule has 0 atom stereocenters. The van der Waals surface area contributed by atoms with Crippen LogP contribution in [-0.2, 0) is 0 Å². The van der Waals surface area contributed by atoms with Gasteiger partial charge in [-0.05, 0) is 114 Å². The van der Waals surface area contributed by atoms with Crippen LogP contribution in [0.1, 0.15) is 0 Å². The van der Waals surface area contributed by atoms with E-state index in [1.54, 1.807) is 0 Å². The normalized spacial score (nSPS) is 11.5. The number of hydrogen-bond donors (Lipinski definition) is 0. The third-order valence-electron chi connectivity index (χ3n) is 12.5. The van der Waals surface area contributed by atoms with Crippen molar-refractivity contribution in [1.29, 1.82) is 0 Å². The second-order valence-electron chi connectivity index (χ2n) is 16.0. The molecule has 0 saturated carbocycles. The Morgan fingerprint density at radius 3 is 1.48 bits per heavy atom. The van der Waals surface area contributed by atoms with Gasteiger partial charge in [-0.15, -0.1) is 0 Å². The first-order valence-electron chi connectivity index (χ1n) is 21.2. The molecular formula is C60H39NO. The molecule has 0 saturated heterocycles. The maximum atomic E-state index is 6.54. The third-order valence-corrected chi connectivity index (χ3v) is 12.5. The first kappa shape index (κ1) is 35.7. The van der Waals surface area contributed by atoms with Crippen LogP contribution in [0.4, 0.5) is 17.1 Å². The van der Waals surface area contributed by atoms with Gasteiger partial charge in [0.15, 0.2) is 0 Å². The molecule has 0 radical (unpaired) electrons. The van der Waals surface area contributed by atoms with Crippen LogP contribution in [0.2, 0.25) is 0 Å². The largest absolute Gasteiger partial charge is 0.455 e. The fourth-order valence-electron chi connectivity index (χ4n) is 9.51. The number of furan rings is 1. The van der Waals surface area contributed by atoms with Crippen molar-refractivity contribution >= 4 is 71.3 Å². The minimum Gasteiger partial charge on any atom is -0.455 e. The molecule has 0 unspecified atom stereocenters. The van der Waals surface area contributed by atoms with Gasteiger partial charge in [0.25, 0.3) is 0 Å². The summed E-state index contributed by atoms with van der Waals surface area (Å²) in [6.07, 6.45) is 0. The number of rotatable bonds is 7. The second kappa shape index (κ2) is 14.8. The molecule has 2 nitrogen and oxygen atoms in total. The molecule has 12 aromatic rings. The molecule has 12 rings (SSSR count). The number of benzene rings is 11. The van der Waals surface area contributed by atoms with Crippen molar-refractivity contribution in [3.05, 3.63) is 237 Å². The molecule has 0 aliphatic carbocycles. The highest BCUT2D eigenvalue weighted by Gasteiger charge is 2.21. The first-order valence-corrected chi connectivity index (χ1v) is 21.2. The van der Waals surface area contributed by atoms with Crippen molar-refractivity contribution in [3.63, 3.8) is 0 Å². The van der Waals surface area contributed by atoms with Crippen molar-refractivity contribution in [2.75, 3.05) is 4.90 Å². The van der Waals surface area contributed by atoms with E-state index in [0.717, 1.165) is 60.9 Å². The van der Waals surface area contributed by atoms with Gasteiger partial charge in [0, 0.05) is 33.1 Å². The average Bonchev–Trinajstić information content (AvgIpc) is 3.73. The Hall–Kier alpha value is -8.20. The van der Waals surface area contributed by atoms with Crippen LogP contribution >= 0.6 is 0 Å². The summed E-state index contributed by atoms with van der Waals surface area (Å²) in [7, 11) is 0. The first-order chi connectivity index (χ1) is 30.7. The van der Waals surface area contributed by atoms with Crippen molar-refractivity contribution in [1.82, 2.24) is 0 Å². The number of nitrogens with zero attached hydrogens (tertiary/aromatic N) is 1. The molecule has 1 heterocycles. The second-order valence-corrected chi connectivity index (χ2v) is 16.0. The van der Waals surface area contributed by atoms with Crippen molar-refractivity contribution in [2.45, 2.75) is 0 Å². The zero-order chi connectivity index (χ0) is 41.0. The monoisotopic (exact) mass is 789 g/mol. The van der Waals surface area contributed by atoms with E-state index in [1.165, 1.54) is 54.9 Å². The molecule has 0 aliphatic rings. The zero-order valence-electron chi connectivity index (χ0n) is 33.9. The van der Waals surface area contributed by atoms with Crippen LogP contribution in [0.3, 0.4) is 0 Å². The molecule has 0 N–H and O–H groups in total. The lowest BCUT2D eigenvalue weighted by Gasteiger charge is -2.28. The number of para-hydroxylation sites is 2. The summed E-state index contributed by atoms with van der Waals surface area (Å²) in [5.41, 5.74) is 14.6. The molecule has 290 valence electrons.